The zero-order valence-corrected chi connectivity index (χ0v) is 10.6. The quantitative estimate of drug-likeness (QED) is 0.764. The van der Waals surface area contributed by atoms with Crippen LogP contribution in [-0.4, -0.2) is 43.8 Å². The summed E-state index contributed by atoms with van der Waals surface area (Å²) in [7, 11) is 0. The van der Waals surface area contributed by atoms with E-state index in [1.54, 1.807) is 0 Å². The molecule has 0 radical (unpaired) electrons. The minimum Gasteiger partial charge on any atom is -0.378 e. The van der Waals surface area contributed by atoms with Crippen LogP contribution in [0.4, 0.5) is 4.79 Å². The third-order valence-electron chi connectivity index (χ3n) is 3.84. The number of hydrogen-bond acceptors (Lipinski definition) is 2. The third kappa shape index (κ3) is 4.19. The van der Waals surface area contributed by atoms with Gasteiger partial charge in [-0.3, -0.25) is 0 Å². The second-order valence-electron chi connectivity index (χ2n) is 5.12. The van der Waals surface area contributed by atoms with Crippen LogP contribution in [0, 0.1) is 5.92 Å². The fourth-order valence-corrected chi connectivity index (χ4v) is 2.76. The van der Waals surface area contributed by atoms with Crippen LogP contribution in [0.3, 0.4) is 0 Å². The summed E-state index contributed by atoms with van der Waals surface area (Å²) >= 11 is 0. The van der Waals surface area contributed by atoms with Crippen LogP contribution >= 0.6 is 0 Å². The van der Waals surface area contributed by atoms with Gasteiger partial charge in [-0.2, -0.15) is 0 Å². The Hall–Kier alpha value is -0.770. The van der Waals surface area contributed by atoms with Gasteiger partial charge in [0.2, 0.25) is 0 Å². The molecule has 2 fully saturated rings. The van der Waals surface area contributed by atoms with E-state index in [1.807, 2.05) is 4.90 Å². The fourth-order valence-electron chi connectivity index (χ4n) is 2.76. The molecule has 98 valence electrons. The number of hydrogen-bond donors (Lipinski definition) is 1. The molecular weight excluding hydrogens is 216 g/mol. The SMILES string of the molecule is O=C(NCCCC1CCCC1)N1CCOCC1. The fraction of sp³-hybridized carbons (Fsp3) is 0.923. The first-order valence-corrected chi connectivity index (χ1v) is 6.97. The highest BCUT2D eigenvalue weighted by molar-refractivity contribution is 5.74. The highest BCUT2D eigenvalue weighted by atomic mass is 16.5. The molecule has 2 rings (SSSR count). The molecule has 2 aliphatic rings. The summed E-state index contributed by atoms with van der Waals surface area (Å²) in [4.78, 5) is 13.6. The number of rotatable bonds is 4. The van der Waals surface area contributed by atoms with Crippen molar-refractivity contribution in [1.82, 2.24) is 10.2 Å². The van der Waals surface area contributed by atoms with Gasteiger partial charge in [-0.15, -0.1) is 0 Å². The van der Waals surface area contributed by atoms with Gasteiger partial charge in [-0.05, 0) is 18.8 Å². The highest BCUT2D eigenvalue weighted by Gasteiger charge is 2.17. The molecule has 0 atom stereocenters. The van der Waals surface area contributed by atoms with Crippen molar-refractivity contribution in [3.8, 4) is 0 Å². The maximum Gasteiger partial charge on any atom is 0.317 e. The van der Waals surface area contributed by atoms with Gasteiger partial charge < -0.3 is 15.0 Å². The summed E-state index contributed by atoms with van der Waals surface area (Å²) < 4.78 is 5.22. The summed E-state index contributed by atoms with van der Waals surface area (Å²) in [6, 6.07) is 0.0831. The van der Waals surface area contributed by atoms with Crippen LogP contribution in [0.5, 0.6) is 0 Å². The Morgan fingerprint density at radius 3 is 2.65 bits per heavy atom. The van der Waals surface area contributed by atoms with E-state index in [9.17, 15) is 4.79 Å². The summed E-state index contributed by atoms with van der Waals surface area (Å²) in [6.07, 6.45) is 8.02. The largest absolute Gasteiger partial charge is 0.378 e. The molecule has 4 heteroatoms. The maximum atomic E-state index is 11.8. The van der Waals surface area contributed by atoms with Crippen molar-refractivity contribution in [3.63, 3.8) is 0 Å². The Kier molecular flexibility index (Phi) is 5.10. The average Bonchev–Trinajstić information content (AvgIpc) is 2.88. The number of nitrogens with one attached hydrogen (secondary N) is 1. The van der Waals surface area contributed by atoms with Crippen molar-refractivity contribution < 1.29 is 9.53 Å². The normalized spacial score (nSPS) is 21.8. The summed E-state index contributed by atoms with van der Waals surface area (Å²) in [5.74, 6) is 0.926. The van der Waals surface area contributed by atoms with Gasteiger partial charge in [0.1, 0.15) is 0 Å². The molecule has 1 saturated heterocycles. The van der Waals surface area contributed by atoms with E-state index in [1.165, 1.54) is 32.1 Å². The van der Waals surface area contributed by atoms with E-state index in [4.69, 9.17) is 4.74 Å². The number of nitrogens with zero attached hydrogens (tertiary/aromatic N) is 1. The Morgan fingerprint density at radius 2 is 1.94 bits per heavy atom. The number of ether oxygens (including phenoxy) is 1. The van der Waals surface area contributed by atoms with Crippen LogP contribution in [-0.2, 0) is 4.74 Å². The first kappa shape index (κ1) is 12.7. The molecule has 1 heterocycles. The summed E-state index contributed by atoms with van der Waals surface area (Å²) in [6.45, 7) is 3.64. The average molecular weight is 240 g/mol. The molecule has 0 spiro atoms. The number of morpholine rings is 1. The van der Waals surface area contributed by atoms with Gasteiger partial charge >= 0.3 is 6.03 Å². The Morgan fingerprint density at radius 1 is 1.24 bits per heavy atom. The van der Waals surface area contributed by atoms with Gasteiger partial charge in [0.15, 0.2) is 0 Å². The van der Waals surface area contributed by atoms with Gasteiger partial charge in [0.05, 0.1) is 13.2 Å². The Labute approximate surface area is 104 Å². The van der Waals surface area contributed by atoms with E-state index >= 15 is 0 Å². The van der Waals surface area contributed by atoms with Gasteiger partial charge in [-0.1, -0.05) is 25.7 Å². The van der Waals surface area contributed by atoms with E-state index < -0.39 is 0 Å². The molecule has 4 nitrogen and oxygen atoms in total. The zero-order chi connectivity index (χ0) is 11.9. The highest BCUT2D eigenvalue weighted by Crippen LogP contribution is 2.28. The third-order valence-corrected chi connectivity index (χ3v) is 3.84. The number of carbonyl (C=O) groups excluding carboxylic acids is 1. The van der Waals surface area contributed by atoms with Gasteiger partial charge in [-0.25, -0.2) is 4.79 Å². The minimum atomic E-state index is 0.0831. The van der Waals surface area contributed by atoms with Crippen LogP contribution in [0.15, 0.2) is 0 Å². The standard InChI is InChI=1S/C13H24N2O2/c16-13(15-8-10-17-11-9-15)14-7-3-6-12-4-1-2-5-12/h12H,1-11H2,(H,14,16). The Bertz CT molecular complexity index is 234. The number of carbonyl (C=O) groups is 1. The lowest BCUT2D eigenvalue weighted by Gasteiger charge is -2.27. The van der Waals surface area contributed by atoms with E-state index in [2.05, 4.69) is 5.32 Å². The topological polar surface area (TPSA) is 41.6 Å². The van der Waals surface area contributed by atoms with Crippen molar-refractivity contribution in [2.45, 2.75) is 38.5 Å². The molecular formula is C13H24N2O2. The zero-order valence-electron chi connectivity index (χ0n) is 10.6. The molecule has 2 amide bonds. The van der Waals surface area contributed by atoms with Crippen LogP contribution < -0.4 is 5.32 Å². The molecule has 1 N–H and O–H groups in total. The molecule has 0 bridgehead atoms. The summed E-state index contributed by atoms with van der Waals surface area (Å²) in [5.41, 5.74) is 0. The van der Waals surface area contributed by atoms with Gasteiger partial charge in [0, 0.05) is 19.6 Å². The molecule has 1 aliphatic heterocycles. The second-order valence-corrected chi connectivity index (χ2v) is 5.12. The monoisotopic (exact) mass is 240 g/mol. The van der Waals surface area contributed by atoms with Crippen molar-refractivity contribution in [3.05, 3.63) is 0 Å². The van der Waals surface area contributed by atoms with Crippen molar-refractivity contribution in [2.24, 2.45) is 5.92 Å². The first-order chi connectivity index (χ1) is 8.36. The molecule has 1 aliphatic carbocycles. The lowest BCUT2D eigenvalue weighted by atomic mass is 10.0. The smallest absolute Gasteiger partial charge is 0.317 e. The minimum absolute atomic E-state index is 0.0831. The molecule has 1 saturated carbocycles. The van der Waals surface area contributed by atoms with Crippen LogP contribution in [0.25, 0.3) is 0 Å². The van der Waals surface area contributed by atoms with Gasteiger partial charge in [0.25, 0.3) is 0 Å². The molecule has 0 aromatic carbocycles. The van der Waals surface area contributed by atoms with E-state index in [0.29, 0.717) is 13.2 Å². The lowest BCUT2D eigenvalue weighted by Crippen LogP contribution is -2.46. The predicted octanol–water partition coefficient (Wildman–Crippen LogP) is 2.00. The second kappa shape index (κ2) is 6.84. The Balaban J connectivity index is 1.53. The van der Waals surface area contributed by atoms with E-state index in [-0.39, 0.29) is 6.03 Å². The summed E-state index contributed by atoms with van der Waals surface area (Å²) in [5, 5.41) is 3.01. The maximum absolute atomic E-state index is 11.8. The number of amides is 2. The number of urea groups is 1. The molecule has 0 unspecified atom stereocenters. The van der Waals surface area contributed by atoms with E-state index in [0.717, 1.165) is 32.0 Å². The van der Waals surface area contributed by atoms with Crippen molar-refractivity contribution in [1.29, 1.82) is 0 Å². The predicted molar refractivity (Wildman–Crippen MR) is 67.0 cm³/mol. The first-order valence-electron chi connectivity index (χ1n) is 6.97. The molecule has 0 aromatic heterocycles. The molecule has 0 aromatic rings. The molecule has 17 heavy (non-hydrogen) atoms. The van der Waals surface area contributed by atoms with Crippen LogP contribution in [0.2, 0.25) is 0 Å². The van der Waals surface area contributed by atoms with Crippen molar-refractivity contribution >= 4 is 6.03 Å². The van der Waals surface area contributed by atoms with Crippen LogP contribution in [0.1, 0.15) is 38.5 Å². The van der Waals surface area contributed by atoms with Crippen molar-refractivity contribution in [2.75, 3.05) is 32.8 Å². The lowest BCUT2D eigenvalue weighted by molar-refractivity contribution is 0.0532.